The lowest BCUT2D eigenvalue weighted by atomic mass is 9.96. The molecule has 0 aliphatic carbocycles. The molecular weight excluding hydrogens is 224 g/mol. The third-order valence-corrected chi connectivity index (χ3v) is 3.67. The van der Waals surface area contributed by atoms with Crippen molar-refractivity contribution in [2.24, 2.45) is 5.92 Å². The quantitative estimate of drug-likeness (QED) is 0.820. The van der Waals surface area contributed by atoms with Gasteiger partial charge in [-0.25, -0.2) is 0 Å². The number of nitriles is 1. The Morgan fingerprint density at radius 1 is 1.44 bits per heavy atom. The van der Waals surface area contributed by atoms with E-state index in [1.165, 1.54) is 32.1 Å². The fourth-order valence-corrected chi connectivity index (χ4v) is 2.72. The fourth-order valence-electron chi connectivity index (χ4n) is 2.72. The summed E-state index contributed by atoms with van der Waals surface area (Å²) in [6.45, 7) is 4.24. The van der Waals surface area contributed by atoms with Gasteiger partial charge in [0.25, 0.3) is 0 Å². The molecule has 1 aromatic heterocycles. The number of anilines is 1. The van der Waals surface area contributed by atoms with E-state index < -0.39 is 0 Å². The van der Waals surface area contributed by atoms with Crippen LogP contribution in [0.15, 0.2) is 12.3 Å². The molecule has 0 radical (unpaired) electrons. The SMILES string of the molecule is CCCC1CCCN(c2nnccc2C#N)CC1. The first-order chi connectivity index (χ1) is 8.85. The van der Waals surface area contributed by atoms with Crippen molar-refractivity contribution < 1.29 is 0 Å². The van der Waals surface area contributed by atoms with Crippen LogP contribution in [-0.2, 0) is 0 Å². The Hall–Kier alpha value is -1.63. The van der Waals surface area contributed by atoms with Gasteiger partial charge in [-0.2, -0.15) is 10.4 Å². The van der Waals surface area contributed by atoms with E-state index in [0.29, 0.717) is 5.56 Å². The van der Waals surface area contributed by atoms with Gasteiger partial charge in [0.2, 0.25) is 0 Å². The number of hydrogen-bond donors (Lipinski definition) is 0. The maximum atomic E-state index is 9.11. The average molecular weight is 244 g/mol. The molecule has 0 bridgehead atoms. The molecule has 0 aromatic carbocycles. The van der Waals surface area contributed by atoms with Gasteiger partial charge >= 0.3 is 0 Å². The molecule has 0 N–H and O–H groups in total. The number of hydrogen-bond acceptors (Lipinski definition) is 4. The van der Waals surface area contributed by atoms with E-state index in [-0.39, 0.29) is 0 Å². The van der Waals surface area contributed by atoms with E-state index in [1.54, 1.807) is 12.3 Å². The first kappa shape index (κ1) is 12.8. The summed E-state index contributed by atoms with van der Waals surface area (Å²) in [5.74, 6) is 1.60. The highest BCUT2D eigenvalue weighted by Crippen LogP contribution is 2.25. The highest BCUT2D eigenvalue weighted by Gasteiger charge is 2.19. The van der Waals surface area contributed by atoms with Gasteiger partial charge in [0.1, 0.15) is 6.07 Å². The molecule has 0 amide bonds. The van der Waals surface area contributed by atoms with Crippen LogP contribution in [0.1, 0.15) is 44.6 Å². The Bertz CT molecular complexity index is 424. The molecule has 1 unspecified atom stereocenters. The van der Waals surface area contributed by atoms with Crippen LogP contribution in [0.3, 0.4) is 0 Å². The van der Waals surface area contributed by atoms with Gasteiger partial charge in [-0.15, -0.1) is 5.10 Å². The van der Waals surface area contributed by atoms with Crippen molar-refractivity contribution in [3.8, 4) is 6.07 Å². The summed E-state index contributed by atoms with van der Waals surface area (Å²) in [6, 6.07) is 3.95. The molecule has 1 fully saturated rings. The normalized spacial score (nSPS) is 20.2. The average Bonchev–Trinajstić information content (AvgIpc) is 2.65. The molecule has 96 valence electrons. The molecule has 18 heavy (non-hydrogen) atoms. The van der Waals surface area contributed by atoms with Crippen molar-refractivity contribution >= 4 is 5.82 Å². The number of aromatic nitrogens is 2. The molecule has 1 atom stereocenters. The molecule has 2 rings (SSSR count). The molecule has 1 aliphatic heterocycles. The Kier molecular flexibility index (Phi) is 4.52. The highest BCUT2D eigenvalue weighted by molar-refractivity contribution is 5.52. The van der Waals surface area contributed by atoms with Crippen molar-refractivity contribution in [3.63, 3.8) is 0 Å². The lowest BCUT2D eigenvalue weighted by Crippen LogP contribution is -2.26. The maximum Gasteiger partial charge on any atom is 0.169 e. The van der Waals surface area contributed by atoms with Gasteiger partial charge in [0.15, 0.2) is 5.82 Å². The zero-order chi connectivity index (χ0) is 12.8. The minimum Gasteiger partial charge on any atom is -0.354 e. The highest BCUT2D eigenvalue weighted by atomic mass is 15.3. The van der Waals surface area contributed by atoms with Crippen LogP contribution >= 0.6 is 0 Å². The standard InChI is InChI=1S/C14H20N4/c1-2-4-12-5-3-9-18(10-7-12)14-13(11-15)6-8-16-17-14/h6,8,12H,2-5,7,9-10H2,1H3. The van der Waals surface area contributed by atoms with Crippen molar-refractivity contribution in [3.05, 3.63) is 17.8 Å². The van der Waals surface area contributed by atoms with Crippen LogP contribution < -0.4 is 4.90 Å². The van der Waals surface area contributed by atoms with Crippen molar-refractivity contribution in [1.29, 1.82) is 5.26 Å². The molecule has 4 nitrogen and oxygen atoms in total. The largest absolute Gasteiger partial charge is 0.354 e. The second-order valence-corrected chi connectivity index (χ2v) is 4.95. The molecule has 4 heteroatoms. The topological polar surface area (TPSA) is 52.8 Å². The predicted molar refractivity (Wildman–Crippen MR) is 71.2 cm³/mol. The van der Waals surface area contributed by atoms with Gasteiger partial charge in [-0.05, 0) is 31.2 Å². The lowest BCUT2D eigenvalue weighted by molar-refractivity contribution is 0.435. The van der Waals surface area contributed by atoms with Gasteiger partial charge in [-0.1, -0.05) is 19.8 Å². The summed E-state index contributed by atoms with van der Waals surface area (Å²) in [5.41, 5.74) is 0.638. The smallest absolute Gasteiger partial charge is 0.169 e. The van der Waals surface area contributed by atoms with Crippen LogP contribution in [0.4, 0.5) is 5.82 Å². The second kappa shape index (κ2) is 6.34. The third-order valence-electron chi connectivity index (χ3n) is 3.67. The minimum atomic E-state index is 0.638. The minimum absolute atomic E-state index is 0.638. The van der Waals surface area contributed by atoms with E-state index in [9.17, 15) is 0 Å². The van der Waals surface area contributed by atoms with Crippen LogP contribution in [-0.4, -0.2) is 23.3 Å². The van der Waals surface area contributed by atoms with E-state index in [4.69, 9.17) is 5.26 Å². The zero-order valence-electron chi connectivity index (χ0n) is 11.0. The molecule has 0 spiro atoms. The maximum absolute atomic E-state index is 9.11. The van der Waals surface area contributed by atoms with Crippen LogP contribution in [0.5, 0.6) is 0 Å². The van der Waals surface area contributed by atoms with Gasteiger partial charge in [-0.3, -0.25) is 0 Å². The first-order valence-electron chi connectivity index (χ1n) is 6.82. The van der Waals surface area contributed by atoms with E-state index in [2.05, 4.69) is 28.1 Å². The number of nitrogens with zero attached hydrogens (tertiary/aromatic N) is 4. The van der Waals surface area contributed by atoms with E-state index in [1.807, 2.05) is 0 Å². The summed E-state index contributed by atoms with van der Waals surface area (Å²) in [4.78, 5) is 2.22. The fraction of sp³-hybridized carbons (Fsp3) is 0.643. The van der Waals surface area contributed by atoms with Crippen molar-refractivity contribution in [1.82, 2.24) is 10.2 Å². The lowest BCUT2D eigenvalue weighted by Gasteiger charge is -2.21. The first-order valence-corrected chi connectivity index (χ1v) is 6.82. The molecule has 2 heterocycles. The van der Waals surface area contributed by atoms with E-state index >= 15 is 0 Å². The molecule has 0 saturated carbocycles. The molecular formula is C14H20N4. The Balaban J connectivity index is 2.08. The van der Waals surface area contributed by atoms with Gasteiger partial charge in [0, 0.05) is 13.1 Å². The number of rotatable bonds is 3. The molecule has 1 aromatic rings. The van der Waals surface area contributed by atoms with Crippen molar-refractivity contribution in [2.45, 2.75) is 39.0 Å². The monoisotopic (exact) mass is 244 g/mol. The van der Waals surface area contributed by atoms with Crippen LogP contribution in [0.2, 0.25) is 0 Å². The summed E-state index contributed by atoms with van der Waals surface area (Å²) in [6.07, 6.45) is 7.85. The summed E-state index contributed by atoms with van der Waals surface area (Å²) in [7, 11) is 0. The molecule has 1 saturated heterocycles. The summed E-state index contributed by atoms with van der Waals surface area (Å²) >= 11 is 0. The Labute approximate surface area is 109 Å². The Morgan fingerprint density at radius 3 is 3.11 bits per heavy atom. The van der Waals surface area contributed by atoms with Gasteiger partial charge < -0.3 is 4.90 Å². The Morgan fingerprint density at radius 2 is 2.33 bits per heavy atom. The van der Waals surface area contributed by atoms with Crippen LogP contribution in [0.25, 0.3) is 0 Å². The summed E-state index contributed by atoms with van der Waals surface area (Å²) in [5, 5.41) is 17.2. The second-order valence-electron chi connectivity index (χ2n) is 4.95. The van der Waals surface area contributed by atoms with Crippen LogP contribution in [0, 0.1) is 17.2 Å². The van der Waals surface area contributed by atoms with E-state index in [0.717, 1.165) is 24.8 Å². The van der Waals surface area contributed by atoms with Crippen molar-refractivity contribution in [2.75, 3.05) is 18.0 Å². The summed E-state index contributed by atoms with van der Waals surface area (Å²) < 4.78 is 0. The third kappa shape index (κ3) is 2.98. The van der Waals surface area contributed by atoms with Gasteiger partial charge in [0.05, 0.1) is 11.8 Å². The predicted octanol–water partition coefficient (Wildman–Crippen LogP) is 2.75. The molecule has 1 aliphatic rings. The zero-order valence-corrected chi connectivity index (χ0v) is 11.0.